The van der Waals surface area contributed by atoms with E-state index in [4.69, 9.17) is 0 Å². The molecule has 0 radical (unpaired) electrons. The molecule has 1 N–H and O–H groups in total. The summed E-state index contributed by atoms with van der Waals surface area (Å²) >= 11 is 0. The van der Waals surface area contributed by atoms with Crippen LogP contribution < -0.4 is 0 Å². The highest BCUT2D eigenvalue weighted by molar-refractivity contribution is 5.44. The minimum Gasteiger partial charge on any atom is -0.388 e. The molecule has 0 aliphatic heterocycles. The number of aromatic nitrogens is 2. The van der Waals surface area contributed by atoms with E-state index < -0.39 is 0 Å². The van der Waals surface area contributed by atoms with Gasteiger partial charge in [-0.2, -0.15) is 5.10 Å². The largest absolute Gasteiger partial charge is 0.388 e. The minimum absolute atomic E-state index is 0.278. The molecule has 2 aromatic rings. The highest BCUT2D eigenvalue weighted by Gasteiger charge is 2.20. The van der Waals surface area contributed by atoms with Crippen molar-refractivity contribution in [2.45, 2.75) is 32.8 Å². The van der Waals surface area contributed by atoms with Crippen LogP contribution in [0, 0.1) is 13.8 Å². The van der Waals surface area contributed by atoms with Crippen molar-refractivity contribution in [3.05, 3.63) is 46.8 Å². The second-order valence-electron chi connectivity index (χ2n) is 4.78. The van der Waals surface area contributed by atoms with E-state index in [0.29, 0.717) is 0 Å². The third kappa shape index (κ3) is 1.67. The summed E-state index contributed by atoms with van der Waals surface area (Å²) in [5.74, 6) is 0. The summed E-state index contributed by atoms with van der Waals surface area (Å²) in [5, 5.41) is 14.3. The zero-order valence-corrected chi connectivity index (χ0v) is 10.1. The number of hydrogen-bond donors (Lipinski definition) is 1. The van der Waals surface area contributed by atoms with Gasteiger partial charge in [-0.05, 0) is 56.0 Å². The average Bonchev–Trinajstić information content (AvgIpc) is 2.82. The van der Waals surface area contributed by atoms with Gasteiger partial charge < -0.3 is 5.11 Å². The van der Waals surface area contributed by atoms with Gasteiger partial charge >= 0.3 is 0 Å². The molecule has 3 heteroatoms. The van der Waals surface area contributed by atoms with Crippen molar-refractivity contribution >= 4 is 0 Å². The monoisotopic (exact) mass is 228 g/mol. The molecular weight excluding hydrogens is 212 g/mol. The Kier molecular flexibility index (Phi) is 2.30. The molecule has 3 nitrogen and oxygen atoms in total. The molecule has 1 aliphatic rings. The molecule has 1 aliphatic carbocycles. The number of aliphatic hydroxyl groups excluding tert-OH is 1. The van der Waals surface area contributed by atoms with Crippen molar-refractivity contribution in [2.75, 3.05) is 0 Å². The first kappa shape index (κ1) is 10.5. The fourth-order valence-electron chi connectivity index (χ4n) is 2.60. The zero-order chi connectivity index (χ0) is 12.0. The highest BCUT2D eigenvalue weighted by Crippen LogP contribution is 2.32. The van der Waals surface area contributed by atoms with Gasteiger partial charge in [0.1, 0.15) is 0 Å². The molecule has 0 amide bonds. The first-order valence-corrected chi connectivity index (χ1v) is 5.99. The van der Waals surface area contributed by atoms with E-state index in [0.717, 1.165) is 35.5 Å². The number of nitrogens with zero attached hydrogens (tertiary/aromatic N) is 2. The van der Waals surface area contributed by atoms with Crippen LogP contribution in [0.25, 0.3) is 5.69 Å². The molecule has 0 saturated heterocycles. The van der Waals surface area contributed by atoms with Crippen molar-refractivity contribution < 1.29 is 5.11 Å². The maximum absolute atomic E-state index is 9.78. The number of aliphatic hydroxyl groups is 1. The molecule has 1 unspecified atom stereocenters. The lowest BCUT2D eigenvalue weighted by molar-refractivity contribution is 0.180. The summed E-state index contributed by atoms with van der Waals surface area (Å²) in [5.41, 5.74) is 5.59. The normalized spacial score (nSPS) is 18.4. The maximum Gasteiger partial charge on any atom is 0.0795 e. The van der Waals surface area contributed by atoms with Crippen molar-refractivity contribution in [3.8, 4) is 5.69 Å². The Bertz CT molecular complexity index is 572. The Morgan fingerprint density at radius 2 is 2.12 bits per heavy atom. The van der Waals surface area contributed by atoms with Gasteiger partial charge in [0.2, 0.25) is 0 Å². The third-order valence-corrected chi connectivity index (χ3v) is 3.43. The first-order chi connectivity index (χ1) is 8.15. The first-order valence-electron chi connectivity index (χ1n) is 5.99. The van der Waals surface area contributed by atoms with Crippen molar-refractivity contribution in [1.82, 2.24) is 9.78 Å². The van der Waals surface area contributed by atoms with Crippen molar-refractivity contribution in [3.63, 3.8) is 0 Å². The second kappa shape index (κ2) is 3.70. The van der Waals surface area contributed by atoms with Crippen LogP contribution in [0.5, 0.6) is 0 Å². The molecule has 88 valence electrons. The number of benzene rings is 1. The van der Waals surface area contributed by atoms with Gasteiger partial charge in [0, 0.05) is 5.69 Å². The van der Waals surface area contributed by atoms with Crippen molar-refractivity contribution in [2.24, 2.45) is 0 Å². The lowest BCUT2D eigenvalue weighted by atomic mass is 10.1. The number of fused-ring (bicyclic) bond motifs is 1. The Labute approximate surface area is 101 Å². The van der Waals surface area contributed by atoms with Crippen LogP contribution in [-0.2, 0) is 6.42 Å². The summed E-state index contributed by atoms with van der Waals surface area (Å²) in [6.45, 7) is 4.06. The SMILES string of the molecule is Cc1cc(C)n(-c2ccc3c(c2)CCC3O)n1. The predicted octanol–water partition coefficient (Wildman–Crippen LogP) is 2.47. The quantitative estimate of drug-likeness (QED) is 0.814. The molecule has 17 heavy (non-hydrogen) atoms. The molecule has 1 aromatic carbocycles. The molecule has 0 fully saturated rings. The summed E-state index contributed by atoms with van der Waals surface area (Å²) in [7, 11) is 0. The second-order valence-corrected chi connectivity index (χ2v) is 4.78. The van der Waals surface area contributed by atoms with E-state index in [1.165, 1.54) is 5.56 Å². The average molecular weight is 228 g/mol. The fraction of sp³-hybridized carbons (Fsp3) is 0.357. The van der Waals surface area contributed by atoms with Crippen LogP contribution in [-0.4, -0.2) is 14.9 Å². The maximum atomic E-state index is 9.78. The molecule has 1 aromatic heterocycles. The van der Waals surface area contributed by atoms with Crippen LogP contribution in [0.2, 0.25) is 0 Å². The van der Waals surface area contributed by atoms with E-state index in [2.05, 4.69) is 24.2 Å². The predicted molar refractivity (Wildman–Crippen MR) is 66.3 cm³/mol. The van der Waals surface area contributed by atoms with E-state index >= 15 is 0 Å². The molecule has 0 bridgehead atoms. The smallest absolute Gasteiger partial charge is 0.0795 e. The third-order valence-electron chi connectivity index (χ3n) is 3.43. The number of rotatable bonds is 1. The van der Waals surface area contributed by atoms with Gasteiger partial charge in [-0.15, -0.1) is 0 Å². The molecule has 0 spiro atoms. The molecule has 1 heterocycles. The molecule has 0 saturated carbocycles. The lowest BCUT2D eigenvalue weighted by Crippen LogP contribution is -2.00. The minimum atomic E-state index is -0.278. The van der Waals surface area contributed by atoms with Crippen LogP contribution >= 0.6 is 0 Å². The summed E-state index contributed by atoms with van der Waals surface area (Å²) in [6.07, 6.45) is 1.53. The molecular formula is C14H16N2O. The summed E-state index contributed by atoms with van der Waals surface area (Å²) in [4.78, 5) is 0. The molecule has 3 rings (SSSR count). The molecule has 1 atom stereocenters. The van der Waals surface area contributed by atoms with Crippen molar-refractivity contribution in [1.29, 1.82) is 0 Å². The van der Waals surface area contributed by atoms with Crippen LogP contribution in [0.4, 0.5) is 0 Å². The van der Waals surface area contributed by atoms with E-state index in [9.17, 15) is 5.11 Å². The Morgan fingerprint density at radius 1 is 1.29 bits per heavy atom. The summed E-state index contributed by atoms with van der Waals surface area (Å²) < 4.78 is 1.96. The van der Waals surface area contributed by atoms with Gasteiger partial charge in [-0.1, -0.05) is 6.07 Å². The van der Waals surface area contributed by atoms with Gasteiger partial charge in [-0.25, -0.2) is 4.68 Å². The Morgan fingerprint density at radius 3 is 2.82 bits per heavy atom. The van der Waals surface area contributed by atoms with E-state index in [-0.39, 0.29) is 6.10 Å². The van der Waals surface area contributed by atoms with Gasteiger partial charge in [0.25, 0.3) is 0 Å². The highest BCUT2D eigenvalue weighted by atomic mass is 16.3. The van der Waals surface area contributed by atoms with Gasteiger partial charge in [0.15, 0.2) is 0 Å². The van der Waals surface area contributed by atoms with E-state index in [1.807, 2.05) is 23.7 Å². The van der Waals surface area contributed by atoms with Gasteiger partial charge in [-0.3, -0.25) is 0 Å². The van der Waals surface area contributed by atoms with Gasteiger partial charge in [0.05, 0.1) is 17.5 Å². The fourth-order valence-corrected chi connectivity index (χ4v) is 2.60. The number of aryl methyl sites for hydroxylation is 3. The number of hydrogen-bond acceptors (Lipinski definition) is 2. The van der Waals surface area contributed by atoms with Crippen LogP contribution in [0.1, 0.15) is 35.0 Å². The standard InChI is InChI=1S/C14H16N2O/c1-9-7-10(2)16(15-9)12-4-5-13-11(8-12)3-6-14(13)17/h4-5,7-8,14,17H,3,6H2,1-2H3. The summed E-state index contributed by atoms with van der Waals surface area (Å²) in [6, 6.07) is 8.28. The van der Waals surface area contributed by atoms with Crippen LogP contribution in [0.3, 0.4) is 0 Å². The Hall–Kier alpha value is -1.61. The zero-order valence-electron chi connectivity index (χ0n) is 10.1. The topological polar surface area (TPSA) is 38.0 Å². The lowest BCUT2D eigenvalue weighted by Gasteiger charge is -2.08. The van der Waals surface area contributed by atoms with Crippen LogP contribution in [0.15, 0.2) is 24.3 Å². The van der Waals surface area contributed by atoms with E-state index in [1.54, 1.807) is 0 Å². The Balaban J connectivity index is 2.08.